The summed E-state index contributed by atoms with van der Waals surface area (Å²) in [5, 5.41) is 0. The molecule has 0 radical (unpaired) electrons. The minimum absolute atomic E-state index is 0. The van der Waals surface area contributed by atoms with Gasteiger partial charge in [0.15, 0.2) is 0 Å². The monoisotopic (exact) mass is 517 g/mol. The van der Waals surface area contributed by atoms with E-state index in [1.807, 2.05) is 0 Å². The zero-order valence-electron chi connectivity index (χ0n) is 21.1. The van der Waals surface area contributed by atoms with E-state index in [9.17, 15) is 0 Å². The van der Waals surface area contributed by atoms with Crippen LogP contribution in [-0.4, -0.2) is 42.1 Å². The fourth-order valence-electron chi connectivity index (χ4n) is 4.58. The fourth-order valence-corrected chi connectivity index (χ4v) is 6.34. The molecule has 2 nitrogen and oxygen atoms in total. The van der Waals surface area contributed by atoms with Gasteiger partial charge in [0.1, 0.15) is 0 Å². The summed E-state index contributed by atoms with van der Waals surface area (Å²) < 4.78 is 1.20. The summed E-state index contributed by atoms with van der Waals surface area (Å²) in [5.41, 5.74) is 0. The molecule has 0 spiro atoms. The largest absolute Gasteiger partial charge is 0.870 e. The van der Waals surface area contributed by atoms with Gasteiger partial charge in [0.25, 0.3) is 0 Å². The number of unbranched alkanes of at least 4 members (excludes halogenated alkanes) is 15. The van der Waals surface area contributed by atoms with Gasteiger partial charge in [-0.15, -0.1) is 33.2 Å². The van der Waals surface area contributed by atoms with Gasteiger partial charge in [-0.05, 0) is 39.2 Å². The van der Waals surface area contributed by atoms with E-state index in [1.165, 1.54) is 133 Å². The van der Waals surface area contributed by atoms with Crippen LogP contribution in [0.3, 0.4) is 0 Å². The first kappa shape index (κ1) is 34.2. The predicted octanol–water partition coefficient (Wildman–Crippen LogP) is 9.97. The van der Waals surface area contributed by atoms with Crippen LogP contribution in [0.5, 0.6) is 0 Å². The van der Waals surface area contributed by atoms with E-state index in [0.717, 1.165) is 12.5 Å². The van der Waals surface area contributed by atoms with E-state index in [0.29, 0.717) is 0 Å². The van der Waals surface area contributed by atoms with E-state index in [1.54, 1.807) is 0 Å². The van der Waals surface area contributed by atoms with Crippen molar-refractivity contribution >= 4 is 39.2 Å². The second-order valence-corrected chi connectivity index (χ2v) is 18.7. The lowest BCUT2D eigenvalue weighted by atomic mass is 10.0. The van der Waals surface area contributed by atoms with Crippen molar-refractivity contribution in [3.63, 3.8) is 0 Å². The second kappa shape index (κ2) is 22.8. The molecule has 0 amide bonds. The van der Waals surface area contributed by atoms with Crippen LogP contribution in [0, 0.1) is 0 Å². The number of quaternary nitrogens is 1. The van der Waals surface area contributed by atoms with Crippen LogP contribution in [0.25, 0.3) is 0 Å². The van der Waals surface area contributed by atoms with E-state index >= 15 is 0 Å². The summed E-state index contributed by atoms with van der Waals surface area (Å²) in [5.74, 6) is 0. The van der Waals surface area contributed by atoms with Crippen LogP contribution in [0.4, 0.5) is 0 Å². The van der Waals surface area contributed by atoms with Gasteiger partial charge >= 0.3 is 6.00 Å². The molecule has 0 aliphatic rings. The lowest BCUT2D eigenvalue weighted by Crippen LogP contribution is -2.49. The van der Waals surface area contributed by atoms with Crippen LogP contribution in [-0.2, 0) is 0 Å². The minimum atomic E-state index is -2.45. The molecule has 0 heterocycles. The summed E-state index contributed by atoms with van der Waals surface area (Å²) in [6.07, 6.45) is 24.0. The number of hydrogen-bond acceptors (Lipinski definition) is 1. The van der Waals surface area contributed by atoms with Gasteiger partial charge in [0.05, 0.1) is 26.2 Å². The Bertz CT molecular complexity index is 363. The Hall–Kier alpha value is 1.01. The average Bonchev–Trinajstić information content (AvgIpc) is 2.71. The maximum Gasteiger partial charge on any atom is 0.341 e. The maximum absolute atomic E-state index is 6.06. The smallest absolute Gasteiger partial charge is 0.341 e. The lowest BCUT2D eigenvalue weighted by molar-refractivity contribution is -0.925. The molecule has 0 saturated carbocycles. The van der Waals surface area contributed by atoms with Crippen molar-refractivity contribution in [2.45, 2.75) is 136 Å². The van der Waals surface area contributed by atoms with Gasteiger partial charge in [-0.2, -0.15) is 0 Å². The molecular weight excluding hydrogens is 465 g/mol. The molecule has 0 aromatic carbocycles. The van der Waals surface area contributed by atoms with Crippen molar-refractivity contribution in [2.24, 2.45) is 0 Å². The molecule has 0 atom stereocenters. The van der Waals surface area contributed by atoms with Crippen LogP contribution < -0.4 is 0 Å². The minimum Gasteiger partial charge on any atom is -0.870 e. The Labute approximate surface area is 210 Å². The predicted molar refractivity (Wildman–Crippen MR) is 145 cm³/mol. The van der Waals surface area contributed by atoms with Crippen molar-refractivity contribution in [3.8, 4) is 0 Å². The third-order valence-electron chi connectivity index (χ3n) is 6.92. The molecule has 1 N–H and O–H groups in total. The molecule has 0 aliphatic heterocycles. The standard InChI is InChI=1S/C25H53Cl3NSi.H2O/c1-4-7-8-9-10-11-12-13-14-15-16-17-18-19-20-21-23-29(5-2,6-3)24-22-25-30(26,27)28;/h4-25H2,1-3H3;1H2/q+1;/p-1. The Kier molecular flexibility index (Phi) is 25.1. The molecule has 0 aliphatic carbocycles. The Morgan fingerprint density at radius 3 is 1.13 bits per heavy atom. The maximum atomic E-state index is 6.06. The normalized spacial score (nSPS) is 12.2. The van der Waals surface area contributed by atoms with Crippen molar-refractivity contribution in [1.29, 1.82) is 0 Å². The highest BCUT2D eigenvalue weighted by Gasteiger charge is 2.28. The molecule has 190 valence electrons. The molecule has 31 heavy (non-hydrogen) atoms. The zero-order valence-corrected chi connectivity index (χ0v) is 24.4. The topological polar surface area (TPSA) is 30.0 Å². The van der Waals surface area contributed by atoms with E-state index < -0.39 is 6.00 Å². The van der Waals surface area contributed by atoms with E-state index in [2.05, 4.69) is 20.8 Å². The molecule has 0 aromatic rings. The van der Waals surface area contributed by atoms with Gasteiger partial charge in [-0.3, -0.25) is 0 Å². The summed E-state index contributed by atoms with van der Waals surface area (Å²) in [6, 6.07) is -1.65. The summed E-state index contributed by atoms with van der Waals surface area (Å²) in [7, 11) is 0. The van der Waals surface area contributed by atoms with Gasteiger partial charge < -0.3 is 9.96 Å². The van der Waals surface area contributed by atoms with Crippen molar-refractivity contribution in [1.82, 2.24) is 0 Å². The van der Waals surface area contributed by atoms with Crippen molar-refractivity contribution in [3.05, 3.63) is 0 Å². The quantitative estimate of drug-likeness (QED) is 0.0572. The van der Waals surface area contributed by atoms with Crippen molar-refractivity contribution in [2.75, 3.05) is 26.2 Å². The Balaban J connectivity index is 0. The number of nitrogens with zero attached hydrogens (tertiary/aromatic N) is 1. The third kappa shape index (κ3) is 22.6. The van der Waals surface area contributed by atoms with Crippen LogP contribution >= 0.6 is 33.2 Å². The van der Waals surface area contributed by atoms with E-state index in [4.69, 9.17) is 33.2 Å². The Morgan fingerprint density at radius 2 is 0.806 bits per heavy atom. The summed E-state index contributed by atoms with van der Waals surface area (Å²) >= 11 is 18.2. The third-order valence-corrected chi connectivity index (χ3v) is 9.54. The van der Waals surface area contributed by atoms with Crippen LogP contribution in [0.1, 0.15) is 130 Å². The first-order valence-electron chi connectivity index (χ1n) is 13.3. The van der Waals surface area contributed by atoms with Gasteiger partial charge in [-0.25, -0.2) is 0 Å². The molecule has 0 rings (SSSR count). The summed E-state index contributed by atoms with van der Waals surface area (Å²) in [6.45, 7) is 11.8. The first-order valence-corrected chi connectivity index (χ1v) is 18.5. The highest BCUT2D eigenvalue weighted by molar-refractivity contribution is 7.64. The van der Waals surface area contributed by atoms with Gasteiger partial charge in [0, 0.05) is 0 Å². The highest BCUT2D eigenvalue weighted by Crippen LogP contribution is 2.27. The van der Waals surface area contributed by atoms with Gasteiger partial charge in [-0.1, -0.05) is 96.8 Å². The fraction of sp³-hybridized carbons (Fsp3) is 1.00. The molecule has 0 saturated heterocycles. The Morgan fingerprint density at radius 1 is 0.484 bits per heavy atom. The second-order valence-electron chi connectivity index (χ2n) is 9.44. The molecule has 0 bridgehead atoms. The number of rotatable bonds is 23. The zero-order chi connectivity index (χ0) is 22.6. The molecule has 6 heteroatoms. The van der Waals surface area contributed by atoms with Gasteiger partial charge in [0.2, 0.25) is 0 Å². The number of halogens is 3. The lowest BCUT2D eigenvalue weighted by Gasteiger charge is -2.37. The SMILES string of the molecule is CCCCCCCCCCCCCCCCCC[N+](CC)(CC)CCC[Si](Cl)(Cl)Cl.[OH-]. The van der Waals surface area contributed by atoms with Crippen molar-refractivity contribution < 1.29 is 9.96 Å². The van der Waals surface area contributed by atoms with E-state index in [-0.39, 0.29) is 5.48 Å². The van der Waals surface area contributed by atoms with Crippen LogP contribution in [0.2, 0.25) is 6.04 Å². The average molecular weight is 519 g/mol. The summed E-state index contributed by atoms with van der Waals surface area (Å²) in [4.78, 5) is 0. The van der Waals surface area contributed by atoms with Crippen LogP contribution in [0.15, 0.2) is 0 Å². The molecule has 0 aromatic heterocycles. The molecule has 0 unspecified atom stereocenters. The molecular formula is C25H54Cl3NOSi. The molecule has 0 fully saturated rings. The highest BCUT2D eigenvalue weighted by atomic mass is 35.8. The number of hydrogen-bond donors (Lipinski definition) is 0. The first-order chi connectivity index (χ1) is 14.4.